The Kier molecular flexibility index (Phi) is 4.36. The van der Waals surface area contributed by atoms with Crippen LogP contribution in [0.15, 0.2) is 0 Å². The van der Waals surface area contributed by atoms with Crippen LogP contribution in [0.5, 0.6) is 0 Å². The smallest absolute Gasteiger partial charge is 0.320 e. The van der Waals surface area contributed by atoms with Crippen LogP contribution in [0.4, 0.5) is 0 Å². The van der Waals surface area contributed by atoms with Crippen molar-refractivity contribution in [2.45, 2.75) is 6.92 Å². The lowest BCUT2D eigenvalue weighted by Crippen LogP contribution is -2.51. The van der Waals surface area contributed by atoms with Gasteiger partial charge in [-0.15, -0.1) is 0 Å². The lowest BCUT2D eigenvalue weighted by molar-refractivity contribution is -0.144. The Balaban J connectivity index is 2.25. The summed E-state index contributed by atoms with van der Waals surface area (Å²) in [6.07, 6.45) is 0. The Morgan fingerprint density at radius 1 is 1.40 bits per heavy atom. The second-order valence-electron chi connectivity index (χ2n) is 3.45. The molecule has 0 spiro atoms. The normalized spacial score (nSPS) is 17.5. The molecular formula is C9H18N4O2. The van der Waals surface area contributed by atoms with E-state index in [-0.39, 0.29) is 11.9 Å². The van der Waals surface area contributed by atoms with Gasteiger partial charge < -0.3 is 15.4 Å². The molecule has 0 amide bonds. The topological polar surface area (TPSA) is 82.7 Å². The zero-order valence-corrected chi connectivity index (χ0v) is 9.03. The lowest BCUT2D eigenvalue weighted by Gasteiger charge is -2.34. The van der Waals surface area contributed by atoms with Gasteiger partial charge in [-0.25, -0.2) is 0 Å². The van der Waals surface area contributed by atoms with Crippen LogP contribution in [0.3, 0.4) is 0 Å². The summed E-state index contributed by atoms with van der Waals surface area (Å²) in [6.45, 7) is 5.46. The van der Waals surface area contributed by atoms with E-state index < -0.39 is 0 Å². The maximum absolute atomic E-state index is 11.2. The Morgan fingerprint density at radius 2 is 2.00 bits per heavy atom. The zero-order valence-electron chi connectivity index (χ0n) is 9.03. The van der Waals surface area contributed by atoms with Gasteiger partial charge in [0.1, 0.15) is 0 Å². The van der Waals surface area contributed by atoms with Crippen LogP contribution in [-0.4, -0.2) is 61.1 Å². The zero-order chi connectivity index (χ0) is 11.3. The van der Waals surface area contributed by atoms with Crippen LogP contribution in [0.25, 0.3) is 0 Å². The first-order chi connectivity index (χ1) is 7.13. The van der Waals surface area contributed by atoms with Gasteiger partial charge in [0.25, 0.3) is 0 Å². The van der Waals surface area contributed by atoms with E-state index in [0.29, 0.717) is 26.2 Å². The molecule has 0 aliphatic carbocycles. The SMILES string of the molecule is CCOC(=O)CN1CCN(C(=N)N)CC1. The molecule has 0 saturated carbocycles. The highest BCUT2D eigenvalue weighted by molar-refractivity contribution is 5.75. The highest BCUT2D eigenvalue weighted by Gasteiger charge is 2.19. The number of nitrogens with zero attached hydrogens (tertiary/aromatic N) is 2. The van der Waals surface area contributed by atoms with Crippen molar-refractivity contribution >= 4 is 11.9 Å². The van der Waals surface area contributed by atoms with E-state index in [1.165, 1.54) is 0 Å². The van der Waals surface area contributed by atoms with Gasteiger partial charge in [0.15, 0.2) is 5.96 Å². The van der Waals surface area contributed by atoms with Crippen LogP contribution in [0.1, 0.15) is 6.92 Å². The fraction of sp³-hybridized carbons (Fsp3) is 0.778. The van der Waals surface area contributed by atoms with Crippen LogP contribution in [-0.2, 0) is 9.53 Å². The third-order valence-corrected chi connectivity index (χ3v) is 2.37. The molecule has 86 valence electrons. The average molecular weight is 214 g/mol. The first-order valence-corrected chi connectivity index (χ1v) is 5.10. The minimum atomic E-state index is -0.186. The molecule has 0 radical (unpaired) electrons. The standard InChI is InChI=1S/C9H18N4O2/c1-2-15-8(14)7-12-3-5-13(6-4-12)9(10)11/h2-7H2,1H3,(H3,10,11). The van der Waals surface area contributed by atoms with Crippen LogP contribution >= 0.6 is 0 Å². The highest BCUT2D eigenvalue weighted by Crippen LogP contribution is 2.00. The molecule has 6 heteroatoms. The predicted molar refractivity (Wildman–Crippen MR) is 56.6 cm³/mol. The van der Waals surface area contributed by atoms with Crippen LogP contribution in [0, 0.1) is 5.41 Å². The second-order valence-corrected chi connectivity index (χ2v) is 3.45. The molecule has 1 fully saturated rings. The molecule has 0 aromatic heterocycles. The Bertz CT molecular complexity index is 236. The predicted octanol–water partition coefficient (Wildman–Crippen LogP) is -0.939. The summed E-state index contributed by atoms with van der Waals surface area (Å²) in [5.74, 6) is -0.0837. The second kappa shape index (κ2) is 5.55. The molecular weight excluding hydrogens is 196 g/mol. The van der Waals surface area contributed by atoms with Crippen molar-refractivity contribution in [3.05, 3.63) is 0 Å². The molecule has 0 unspecified atom stereocenters. The number of rotatable bonds is 3. The Morgan fingerprint density at radius 3 is 2.47 bits per heavy atom. The molecule has 0 bridgehead atoms. The molecule has 1 aliphatic heterocycles. The lowest BCUT2D eigenvalue weighted by atomic mass is 10.3. The summed E-state index contributed by atoms with van der Waals surface area (Å²) in [5.41, 5.74) is 5.36. The molecule has 1 rings (SSSR count). The van der Waals surface area contributed by atoms with Crippen LogP contribution < -0.4 is 5.73 Å². The number of hydrogen-bond acceptors (Lipinski definition) is 4. The number of guanidine groups is 1. The summed E-state index contributed by atoms with van der Waals surface area (Å²) in [7, 11) is 0. The van der Waals surface area contributed by atoms with Crippen LogP contribution in [0.2, 0.25) is 0 Å². The summed E-state index contributed by atoms with van der Waals surface area (Å²) in [5, 5.41) is 7.26. The van der Waals surface area contributed by atoms with Crippen molar-refractivity contribution < 1.29 is 9.53 Å². The minimum absolute atomic E-state index is 0.103. The van der Waals surface area contributed by atoms with E-state index in [4.69, 9.17) is 15.9 Å². The number of hydrogen-bond donors (Lipinski definition) is 2. The molecule has 0 aromatic rings. The highest BCUT2D eigenvalue weighted by atomic mass is 16.5. The largest absolute Gasteiger partial charge is 0.465 e. The first kappa shape index (κ1) is 11.8. The number of nitrogens with one attached hydrogen (secondary N) is 1. The van der Waals surface area contributed by atoms with Crippen molar-refractivity contribution in [1.29, 1.82) is 5.41 Å². The van der Waals surface area contributed by atoms with E-state index >= 15 is 0 Å². The van der Waals surface area contributed by atoms with E-state index in [1.807, 2.05) is 4.90 Å². The van der Waals surface area contributed by atoms with Gasteiger partial charge in [-0.3, -0.25) is 15.1 Å². The van der Waals surface area contributed by atoms with Gasteiger partial charge in [-0.1, -0.05) is 0 Å². The summed E-state index contributed by atoms with van der Waals surface area (Å²) in [6, 6.07) is 0. The molecule has 3 N–H and O–H groups in total. The van der Waals surface area contributed by atoms with Gasteiger partial charge in [0, 0.05) is 26.2 Å². The van der Waals surface area contributed by atoms with Crippen molar-refractivity contribution in [1.82, 2.24) is 9.80 Å². The molecule has 15 heavy (non-hydrogen) atoms. The third kappa shape index (κ3) is 3.75. The number of carbonyl (C=O) groups excluding carboxylic acids is 1. The Labute approximate surface area is 89.5 Å². The number of ether oxygens (including phenoxy) is 1. The van der Waals surface area contributed by atoms with Crippen molar-refractivity contribution in [2.75, 3.05) is 39.3 Å². The van der Waals surface area contributed by atoms with Gasteiger partial charge >= 0.3 is 5.97 Å². The minimum Gasteiger partial charge on any atom is -0.465 e. The molecule has 0 atom stereocenters. The van der Waals surface area contributed by atoms with Crippen molar-refractivity contribution in [2.24, 2.45) is 5.73 Å². The average Bonchev–Trinajstić information content (AvgIpc) is 2.18. The first-order valence-electron chi connectivity index (χ1n) is 5.10. The summed E-state index contributed by atoms with van der Waals surface area (Å²) >= 11 is 0. The van der Waals surface area contributed by atoms with E-state index in [2.05, 4.69) is 0 Å². The molecule has 0 aromatic carbocycles. The maximum Gasteiger partial charge on any atom is 0.320 e. The van der Waals surface area contributed by atoms with Gasteiger partial charge in [0.05, 0.1) is 13.2 Å². The molecule has 1 heterocycles. The molecule has 6 nitrogen and oxygen atoms in total. The molecule has 1 aliphatic rings. The fourth-order valence-electron chi connectivity index (χ4n) is 1.54. The van der Waals surface area contributed by atoms with E-state index in [0.717, 1.165) is 13.1 Å². The number of carbonyl (C=O) groups is 1. The van der Waals surface area contributed by atoms with Crippen molar-refractivity contribution in [3.63, 3.8) is 0 Å². The monoisotopic (exact) mass is 214 g/mol. The van der Waals surface area contributed by atoms with Gasteiger partial charge in [0.2, 0.25) is 0 Å². The quantitative estimate of drug-likeness (QED) is 0.360. The van der Waals surface area contributed by atoms with Gasteiger partial charge in [-0.05, 0) is 6.92 Å². The summed E-state index contributed by atoms with van der Waals surface area (Å²) < 4.78 is 4.86. The molecule has 1 saturated heterocycles. The van der Waals surface area contributed by atoms with E-state index in [1.54, 1.807) is 11.8 Å². The van der Waals surface area contributed by atoms with E-state index in [9.17, 15) is 4.79 Å². The number of esters is 1. The van der Waals surface area contributed by atoms with Crippen molar-refractivity contribution in [3.8, 4) is 0 Å². The number of piperazine rings is 1. The fourth-order valence-corrected chi connectivity index (χ4v) is 1.54. The maximum atomic E-state index is 11.2. The van der Waals surface area contributed by atoms with Gasteiger partial charge in [-0.2, -0.15) is 0 Å². The number of nitrogens with two attached hydrogens (primary N) is 1. The Hall–Kier alpha value is -1.30. The third-order valence-electron chi connectivity index (χ3n) is 2.37. The summed E-state index contributed by atoms with van der Waals surface area (Å²) in [4.78, 5) is 15.0.